The molecular weight excluding hydrogens is 462 g/mol. The summed E-state index contributed by atoms with van der Waals surface area (Å²) in [4.78, 5) is 16.8. The zero-order valence-corrected chi connectivity index (χ0v) is 19.6. The number of carbonyl (C=O) groups excluding carboxylic acids is 1. The average molecular weight is 482 g/mol. The molecule has 2 N–H and O–H groups in total. The Morgan fingerprint density at radius 2 is 1.91 bits per heavy atom. The molecule has 1 amide bonds. The first-order valence-electron chi connectivity index (χ1n) is 9.89. The fraction of sp³-hybridized carbons (Fsp3) is 0.125. The molecule has 0 unspecified atom stereocenters. The van der Waals surface area contributed by atoms with Gasteiger partial charge in [0.1, 0.15) is 5.75 Å². The van der Waals surface area contributed by atoms with Gasteiger partial charge in [-0.3, -0.25) is 10.1 Å². The van der Waals surface area contributed by atoms with E-state index in [0.717, 1.165) is 33.8 Å². The number of benzene rings is 3. The highest BCUT2D eigenvalue weighted by atomic mass is 35.5. The summed E-state index contributed by atoms with van der Waals surface area (Å²) < 4.78 is 6.73. The molecule has 0 aliphatic carbocycles. The first-order valence-corrected chi connectivity index (χ1v) is 11.5. The summed E-state index contributed by atoms with van der Waals surface area (Å²) in [6.07, 6.45) is 0.766. The van der Waals surface area contributed by atoms with E-state index in [1.807, 2.05) is 49.4 Å². The van der Waals surface area contributed by atoms with Crippen molar-refractivity contribution in [1.82, 2.24) is 10.3 Å². The molecule has 0 spiro atoms. The zero-order valence-electron chi connectivity index (χ0n) is 17.2. The Kier molecular flexibility index (Phi) is 6.99. The Bertz CT molecular complexity index is 1240. The Morgan fingerprint density at radius 1 is 1.12 bits per heavy atom. The van der Waals surface area contributed by atoms with E-state index in [2.05, 4.69) is 21.7 Å². The number of para-hydroxylation sites is 1. The lowest BCUT2D eigenvalue weighted by molar-refractivity contribution is -0.121. The number of thiocarbonyl (C=S) groups is 1. The summed E-state index contributed by atoms with van der Waals surface area (Å²) in [6.45, 7) is 1.72. The lowest BCUT2D eigenvalue weighted by Gasteiger charge is -2.12. The lowest BCUT2D eigenvalue weighted by atomic mass is 10.1. The molecule has 1 heterocycles. The van der Waals surface area contributed by atoms with Gasteiger partial charge in [-0.2, -0.15) is 0 Å². The molecule has 0 radical (unpaired) electrons. The Balaban J connectivity index is 1.27. The number of ether oxygens (including phenoxy) is 1. The minimum Gasteiger partial charge on any atom is -0.483 e. The number of hydrogen-bond acceptors (Lipinski definition) is 5. The average Bonchev–Trinajstić information content (AvgIpc) is 3.17. The number of aryl methyl sites for hydroxylation is 1. The third-order valence-electron chi connectivity index (χ3n) is 4.65. The highest BCUT2D eigenvalue weighted by Gasteiger charge is 2.09. The van der Waals surface area contributed by atoms with E-state index >= 15 is 0 Å². The minimum absolute atomic E-state index is 0.147. The van der Waals surface area contributed by atoms with Crippen LogP contribution in [-0.2, 0) is 11.2 Å². The van der Waals surface area contributed by atoms with Crippen molar-refractivity contribution >= 4 is 62.1 Å². The van der Waals surface area contributed by atoms with E-state index in [4.69, 9.17) is 28.6 Å². The topological polar surface area (TPSA) is 63.2 Å². The van der Waals surface area contributed by atoms with Crippen LogP contribution in [0.1, 0.15) is 16.1 Å². The summed E-state index contributed by atoms with van der Waals surface area (Å²) in [6, 6.07) is 21.3. The molecule has 0 aliphatic heterocycles. The first-order chi connectivity index (χ1) is 15.5. The van der Waals surface area contributed by atoms with Crippen LogP contribution < -0.4 is 15.4 Å². The molecule has 32 heavy (non-hydrogen) atoms. The molecular formula is C24H20ClN3O2S2. The van der Waals surface area contributed by atoms with Crippen LogP contribution in [0.15, 0.2) is 66.7 Å². The van der Waals surface area contributed by atoms with Gasteiger partial charge in [0.2, 0.25) is 0 Å². The van der Waals surface area contributed by atoms with Crippen LogP contribution in [0.4, 0.5) is 5.69 Å². The van der Waals surface area contributed by atoms with E-state index < -0.39 is 0 Å². The first kappa shape index (κ1) is 22.2. The van der Waals surface area contributed by atoms with Crippen molar-refractivity contribution < 1.29 is 9.53 Å². The molecule has 0 atom stereocenters. The molecule has 1 aromatic heterocycles. The van der Waals surface area contributed by atoms with E-state index in [1.54, 1.807) is 29.5 Å². The Hall–Kier alpha value is -3.00. The van der Waals surface area contributed by atoms with Gasteiger partial charge in [-0.15, -0.1) is 11.3 Å². The van der Waals surface area contributed by atoms with E-state index in [9.17, 15) is 4.79 Å². The van der Waals surface area contributed by atoms with Crippen LogP contribution in [0.2, 0.25) is 5.02 Å². The van der Waals surface area contributed by atoms with Gasteiger partial charge in [0.05, 0.1) is 15.2 Å². The lowest BCUT2D eigenvalue weighted by Crippen LogP contribution is -2.37. The maximum atomic E-state index is 12.1. The van der Waals surface area contributed by atoms with Gasteiger partial charge in [0.15, 0.2) is 11.7 Å². The van der Waals surface area contributed by atoms with Gasteiger partial charge in [-0.25, -0.2) is 4.98 Å². The minimum atomic E-state index is -0.343. The van der Waals surface area contributed by atoms with Crippen molar-refractivity contribution in [1.29, 1.82) is 0 Å². The van der Waals surface area contributed by atoms with Crippen molar-refractivity contribution in [2.24, 2.45) is 0 Å². The molecule has 0 bridgehead atoms. The predicted octanol–water partition coefficient (Wildman–Crippen LogP) is 5.74. The summed E-state index contributed by atoms with van der Waals surface area (Å²) in [5, 5.41) is 7.55. The second-order valence-electron chi connectivity index (χ2n) is 7.15. The van der Waals surface area contributed by atoms with Crippen LogP contribution in [0.3, 0.4) is 0 Å². The normalized spacial score (nSPS) is 10.7. The van der Waals surface area contributed by atoms with Crippen molar-refractivity contribution in [3.63, 3.8) is 0 Å². The summed E-state index contributed by atoms with van der Waals surface area (Å²) >= 11 is 12.9. The predicted molar refractivity (Wildman–Crippen MR) is 135 cm³/mol. The maximum Gasteiger partial charge on any atom is 0.264 e. The number of carbonyl (C=O) groups is 1. The standard InChI is InChI=1S/C24H20ClN3O2S2/c1-15-12-17(25)8-11-20(15)30-14-22(29)28-24(31)26-18-9-6-16(7-10-18)13-23-27-19-4-2-3-5-21(19)32-23/h2-12H,13-14H2,1H3,(H2,26,28,29,31). The fourth-order valence-corrected chi connectivity index (χ4v) is 4.58. The van der Waals surface area contributed by atoms with Gasteiger partial charge in [0, 0.05) is 17.1 Å². The number of thiazole rings is 1. The number of anilines is 1. The third-order valence-corrected chi connectivity index (χ3v) is 6.13. The van der Waals surface area contributed by atoms with Gasteiger partial charge >= 0.3 is 0 Å². The molecule has 0 saturated heterocycles. The van der Waals surface area contributed by atoms with Crippen molar-refractivity contribution in [2.45, 2.75) is 13.3 Å². The smallest absolute Gasteiger partial charge is 0.264 e. The monoisotopic (exact) mass is 481 g/mol. The van der Waals surface area contributed by atoms with Gasteiger partial charge < -0.3 is 10.1 Å². The molecule has 3 aromatic carbocycles. The van der Waals surface area contributed by atoms with E-state index in [1.165, 1.54) is 4.70 Å². The summed E-state index contributed by atoms with van der Waals surface area (Å²) in [7, 11) is 0. The second kappa shape index (κ2) is 10.1. The molecule has 5 nitrogen and oxygen atoms in total. The van der Waals surface area contributed by atoms with Crippen molar-refractivity contribution in [2.75, 3.05) is 11.9 Å². The number of nitrogens with one attached hydrogen (secondary N) is 2. The molecule has 4 aromatic rings. The van der Waals surface area contributed by atoms with Crippen LogP contribution in [-0.4, -0.2) is 22.6 Å². The van der Waals surface area contributed by atoms with Crippen molar-refractivity contribution in [3.8, 4) is 5.75 Å². The Morgan fingerprint density at radius 3 is 2.66 bits per heavy atom. The SMILES string of the molecule is Cc1cc(Cl)ccc1OCC(=O)NC(=S)Nc1ccc(Cc2nc3ccccc3s2)cc1. The number of nitrogens with zero attached hydrogens (tertiary/aromatic N) is 1. The maximum absolute atomic E-state index is 12.1. The highest BCUT2D eigenvalue weighted by Crippen LogP contribution is 2.24. The number of rotatable bonds is 6. The fourth-order valence-electron chi connectivity index (χ4n) is 3.12. The zero-order chi connectivity index (χ0) is 22.5. The van der Waals surface area contributed by atoms with Gasteiger partial charge in [-0.05, 0) is 72.7 Å². The van der Waals surface area contributed by atoms with Gasteiger partial charge in [-0.1, -0.05) is 35.9 Å². The summed E-state index contributed by atoms with van der Waals surface area (Å²) in [5.74, 6) is 0.261. The van der Waals surface area contributed by atoms with Gasteiger partial charge in [0.25, 0.3) is 5.91 Å². The largest absolute Gasteiger partial charge is 0.483 e. The second-order valence-corrected chi connectivity index (χ2v) is 9.11. The highest BCUT2D eigenvalue weighted by molar-refractivity contribution is 7.80. The molecule has 4 rings (SSSR count). The van der Waals surface area contributed by atoms with Crippen LogP contribution >= 0.6 is 35.2 Å². The van der Waals surface area contributed by atoms with Crippen molar-refractivity contribution in [3.05, 3.63) is 87.9 Å². The van der Waals surface area contributed by atoms with Crippen LogP contribution in [0.25, 0.3) is 10.2 Å². The van der Waals surface area contributed by atoms with Crippen LogP contribution in [0.5, 0.6) is 5.75 Å². The number of hydrogen-bond donors (Lipinski definition) is 2. The molecule has 162 valence electrons. The number of fused-ring (bicyclic) bond motifs is 1. The van der Waals surface area contributed by atoms with E-state index in [0.29, 0.717) is 10.8 Å². The molecule has 0 aliphatic rings. The van der Waals surface area contributed by atoms with E-state index in [-0.39, 0.29) is 17.6 Å². The molecule has 0 saturated carbocycles. The van der Waals surface area contributed by atoms with Crippen LogP contribution in [0, 0.1) is 6.92 Å². The molecule has 8 heteroatoms. The summed E-state index contributed by atoms with van der Waals surface area (Å²) in [5.41, 5.74) is 3.83. The Labute approximate surface area is 200 Å². The molecule has 0 fully saturated rings. The quantitative estimate of drug-likeness (QED) is 0.344. The third kappa shape index (κ3) is 5.82. The number of halogens is 1. The number of amides is 1. The number of aromatic nitrogens is 1.